The Bertz CT molecular complexity index is 623. The predicted octanol–water partition coefficient (Wildman–Crippen LogP) is 4.55. The molecule has 1 atom stereocenters. The lowest BCUT2D eigenvalue weighted by Gasteiger charge is -2.29. The normalized spacial score (nSPS) is 16.0. The van der Waals surface area contributed by atoms with Gasteiger partial charge < -0.3 is 9.84 Å². The highest BCUT2D eigenvalue weighted by Gasteiger charge is 2.45. The lowest BCUT2D eigenvalue weighted by molar-refractivity contribution is -0.174. The molecule has 22 heavy (non-hydrogen) atoms. The zero-order chi connectivity index (χ0) is 16.5. The van der Waals surface area contributed by atoms with Gasteiger partial charge in [0.15, 0.2) is 0 Å². The Labute approximate surface area is 130 Å². The van der Waals surface area contributed by atoms with E-state index in [2.05, 4.69) is 0 Å². The molecule has 0 spiro atoms. The van der Waals surface area contributed by atoms with E-state index in [4.69, 9.17) is 21.4 Å². The molecule has 0 fully saturated rings. The molecule has 1 unspecified atom stereocenters. The van der Waals surface area contributed by atoms with Crippen LogP contribution in [0.2, 0.25) is 5.02 Å². The minimum Gasteiger partial charge on any atom is -0.489 e. The van der Waals surface area contributed by atoms with Crippen molar-refractivity contribution in [2.45, 2.75) is 25.9 Å². The van der Waals surface area contributed by atoms with Crippen molar-refractivity contribution in [3.05, 3.63) is 34.4 Å². The quantitative estimate of drug-likeness (QED) is 0.878. The molecule has 0 amide bonds. The third-order valence-corrected chi connectivity index (χ3v) is 3.82. The Balaban J connectivity index is 2.57. The van der Waals surface area contributed by atoms with Gasteiger partial charge in [-0.3, -0.25) is 4.79 Å². The lowest BCUT2D eigenvalue weighted by Crippen LogP contribution is -2.31. The molecule has 0 bridgehead atoms. The average Bonchev–Trinajstić information content (AvgIpc) is 2.42. The molecule has 1 aromatic rings. The van der Waals surface area contributed by atoms with Gasteiger partial charge in [0.05, 0.1) is 12.3 Å². The van der Waals surface area contributed by atoms with Crippen molar-refractivity contribution in [2.75, 3.05) is 6.61 Å². The van der Waals surface area contributed by atoms with E-state index in [1.165, 1.54) is 0 Å². The van der Waals surface area contributed by atoms with E-state index in [1.54, 1.807) is 25.1 Å². The first-order valence-electron chi connectivity index (χ1n) is 6.67. The Morgan fingerprint density at radius 1 is 1.45 bits per heavy atom. The van der Waals surface area contributed by atoms with Crippen molar-refractivity contribution < 1.29 is 27.8 Å². The second-order valence-electron chi connectivity index (χ2n) is 4.98. The Morgan fingerprint density at radius 2 is 2.14 bits per heavy atom. The average molecular weight is 335 g/mol. The molecule has 0 aliphatic carbocycles. The number of fused-ring (bicyclic) bond motifs is 1. The summed E-state index contributed by atoms with van der Waals surface area (Å²) in [4.78, 5) is 10.8. The van der Waals surface area contributed by atoms with Gasteiger partial charge in [-0.05, 0) is 35.8 Å². The Kier molecular flexibility index (Phi) is 4.70. The molecule has 7 heteroatoms. The van der Waals surface area contributed by atoms with Gasteiger partial charge in [-0.1, -0.05) is 18.5 Å². The van der Waals surface area contributed by atoms with Crippen LogP contribution >= 0.6 is 11.6 Å². The van der Waals surface area contributed by atoms with Crippen LogP contribution in [0.3, 0.4) is 0 Å². The number of carboxylic acids is 1. The van der Waals surface area contributed by atoms with Crippen molar-refractivity contribution in [2.24, 2.45) is 5.92 Å². The standard InChI is InChI=1S/C15H14ClF3O3/c1-2-9-10-5-8(16)3-4-13(10)22-7-11(9)12(6-14(20)21)15(17,18)19/h3-5,12H,2,6-7H2,1H3,(H,20,21). The summed E-state index contributed by atoms with van der Waals surface area (Å²) in [6, 6.07) is 4.74. The number of carbonyl (C=O) groups is 1. The van der Waals surface area contributed by atoms with Crippen LogP contribution in [-0.2, 0) is 4.79 Å². The maximum atomic E-state index is 13.3. The smallest absolute Gasteiger partial charge is 0.396 e. The molecule has 1 N–H and O–H groups in total. The van der Waals surface area contributed by atoms with Crippen molar-refractivity contribution in [1.29, 1.82) is 0 Å². The van der Waals surface area contributed by atoms with Gasteiger partial charge in [0.25, 0.3) is 0 Å². The highest BCUT2D eigenvalue weighted by atomic mass is 35.5. The summed E-state index contributed by atoms with van der Waals surface area (Å²) in [7, 11) is 0. The number of halogens is 4. The first-order chi connectivity index (χ1) is 10.2. The van der Waals surface area contributed by atoms with Crippen LogP contribution in [0.5, 0.6) is 5.75 Å². The van der Waals surface area contributed by atoms with Crippen LogP contribution < -0.4 is 4.74 Å². The molecule has 2 rings (SSSR count). The highest BCUT2D eigenvalue weighted by molar-refractivity contribution is 6.30. The molecule has 1 heterocycles. The number of aliphatic carboxylic acids is 1. The van der Waals surface area contributed by atoms with Gasteiger partial charge in [-0.15, -0.1) is 0 Å². The largest absolute Gasteiger partial charge is 0.489 e. The lowest BCUT2D eigenvalue weighted by atomic mass is 9.85. The second kappa shape index (κ2) is 6.20. The fourth-order valence-electron chi connectivity index (χ4n) is 2.62. The van der Waals surface area contributed by atoms with Gasteiger partial charge in [0.2, 0.25) is 0 Å². The molecule has 0 radical (unpaired) electrons. The van der Waals surface area contributed by atoms with E-state index in [0.717, 1.165) is 0 Å². The van der Waals surface area contributed by atoms with Crippen LogP contribution in [0.1, 0.15) is 25.3 Å². The number of hydrogen-bond acceptors (Lipinski definition) is 2. The van der Waals surface area contributed by atoms with Crippen LogP contribution in [0.15, 0.2) is 23.8 Å². The number of ether oxygens (including phenoxy) is 1. The minimum atomic E-state index is -4.65. The van der Waals surface area contributed by atoms with E-state index < -0.39 is 24.5 Å². The monoisotopic (exact) mass is 334 g/mol. The molecular weight excluding hydrogens is 321 g/mol. The predicted molar refractivity (Wildman–Crippen MR) is 76.0 cm³/mol. The number of allylic oxidation sites excluding steroid dienone is 1. The topological polar surface area (TPSA) is 46.5 Å². The minimum absolute atomic E-state index is 0.0350. The number of benzene rings is 1. The van der Waals surface area contributed by atoms with Gasteiger partial charge >= 0.3 is 12.1 Å². The summed E-state index contributed by atoms with van der Waals surface area (Å²) >= 11 is 5.91. The summed E-state index contributed by atoms with van der Waals surface area (Å²) in [6.07, 6.45) is -5.33. The van der Waals surface area contributed by atoms with Crippen LogP contribution in [0.4, 0.5) is 13.2 Å². The summed E-state index contributed by atoms with van der Waals surface area (Å²) < 4.78 is 45.1. The summed E-state index contributed by atoms with van der Waals surface area (Å²) in [5.74, 6) is -3.10. The number of alkyl halides is 3. The zero-order valence-electron chi connectivity index (χ0n) is 11.7. The van der Waals surface area contributed by atoms with Crippen molar-refractivity contribution in [3.8, 4) is 5.75 Å². The molecular formula is C15H14ClF3O3. The second-order valence-corrected chi connectivity index (χ2v) is 5.41. The SMILES string of the molecule is CCC1=C(C(CC(=O)O)C(F)(F)F)COc2ccc(Cl)cc21. The maximum absolute atomic E-state index is 13.3. The first-order valence-corrected chi connectivity index (χ1v) is 7.05. The molecule has 0 saturated heterocycles. The van der Waals surface area contributed by atoms with E-state index >= 15 is 0 Å². The highest BCUT2D eigenvalue weighted by Crippen LogP contribution is 2.44. The van der Waals surface area contributed by atoms with Gasteiger partial charge in [-0.25, -0.2) is 0 Å². The van der Waals surface area contributed by atoms with Crippen molar-refractivity contribution >= 4 is 23.1 Å². The van der Waals surface area contributed by atoms with Crippen LogP contribution in [0.25, 0.3) is 5.57 Å². The van der Waals surface area contributed by atoms with E-state index in [0.29, 0.717) is 28.3 Å². The van der Waals surface area contributed by atoms with Gasteiger partial charge in [0, 0.05) is 10.6 Å². The van der Waals surface area contributed by atoms with E-state index in [-0.39, 0.29) is 12.2 Å². The van der Waals surface area contributed by atoms with Crippen LogP contribution in [0, 0.1) is 5.92 Å². The van der Waals surface area contributed by atoms with Crippen molar-refractivity contribution in [3.63, 3.8) is 0 Å². The maximum Gasteiger partial charge on any atom is 0.396 e. The molecule has 0 aromatic heterocycles. The molecule has 1 aliphatic heterocycles. The fraction of sp³-hybridized carbons (Fsp3) is 0.400. The molecule has 0 saturated carbocycles. The van der Waals surface area contributed by atoms with Crippen molar-refractivity contribution in [1.82, 2.24) is 0 Å². The van der Waals surface area contributed by atoms with E-state index in [1.807, 2.05) is 0 Å². The van der Waals surface area contributed by atoms with E-state index in [9.17, 15) is 18.0 Å². The Morgan fingerprint density at radius 3 is 2.68 bits per heavy atom. The fourth-order valence-corrected chi connectivity index (χ4v) is 2.79. The van der Waals surface area contributed by atoms with Gasteiger partial charge in [-0.2, -0.15) is 13.2 Å². The summed E-state index contributed by atoms with van der Waals surface area (Å²) in [6.45, 7) is 1.45. The molecule has 3 nitrogen and oxygen atoms in total. The first kappa shape index (κ1) is 16.7. The number of hydrogen-bond donors (Lipinski definition) is 1. The number of rotatable bonds is 4. The third-order valence-electron chi connectivity index (χ3n) is 3.59. The summed E-state index contributed by atoms with van der Waals surface area (Å²) in [5.41, 5.74) is 0.912. The zero-order valence-corrected chi connectivity index (χ0v) is 12.5. The van der Waals surface area contributed by atoms with Crippen LogP contribution in [-0.4, -0.2) is 23.9 Å². The Hall–Kier alpha value is -1.69. The molecule has 1 aliphatic rings. The van der Waals surface area contributed by atoms with Gasteiger partial charge in [0.1, 0.15) is 12.4 Å². The third kappa shape index (κ3) is 3.38. The summed E-state index contributed by atoms with van der Waals surface area (Å²) in [5, 5.41) is 9.18. The molecule has 120 valence electrons. The molecule has 1 aromatic carbocycles. The number of carboxylic acid groups (broad SMARTS) is 1.